The van der Waals surface area contributed by atoms with Crippen molar-refractivity contribution in [1.82, 2.24) is 0 Å². The SMILES string of the molecule is O=C(O)C(F)(F)F.O=CO.P. The van der Waals surface area contributed by atoms with Crippen molar-refractivity contribution in [1.29, 1.82) is 0 Å². The first-order chi connectivity index (χ1) is 4.36. The lowest BCUT2D eigenvalue weighted by atomic mass is 10.7. The Hall–Kier alpha value is -0.840. The summed E-state index contributed by atoms with van der Waals surface area (Å²) in [6.45, 7) is -0.250. The van der Waals surface area contributed by atoms with Gasteiger partial charge in [-0.2, -0.15) is 23.1 Å². The number of carboxylic acid groups (broad SMARTS) is 2. The monoisotopic (exact) mass is 194 g/mol. The van der Waals surface area contributed by atoms with E-state index in [0.29, 0.717) is 0 Å². The van der Waals surface area contributed by atoms with Crippen LogP contribution in [0, 0.1) is 0 Å². The fourth-order valence-corrected chi connectivity index (χ4v) is 0. The highest BCUT2D eigenvalue weighted by Crippen LogP contribution is 2.13. The average molecular weight is 194 g/mol. The molecule has 1 atom stereocenters. The molecular weight excluding hydrogens is 188 g/mol. The first-order valence-corrected chi connectivity index (χ1v) is 1.74. The fourth-order valence-electron chi connectivity index (χ4n) is 0. The van der Waals surface area contributed by atoms with Gasteiger partial charge in [0.1, 0.15) is 0 Å². The molecule has 0 saturated carbocycles. The van der Waals surface area contributed by atoms with E-state index >= 15 is 0 Å². The van der Waals surface area contributed by atoms with E-state index in [1.165, 1.54) is 0 Å². The maximum Gasteiger partial charge on any atom is 0.490 e. The van der Waals surface area contributed by atoms with Crippen molar-refractivity contribution in [3.05, 3.63) is 0 Å². The molecule has 0 amide bonds. The third-order valence-electron chi connectivity index (χ3n) is 0.243. The Labute approximate surface area is 62.6 Å². The van der Waals surface area contributed by atoms with Crippen LogP contribution >= 0.6 is 9.90 Å². The minimum atomic E-state index is -5.08. The molecular formula is C3H6F3O4P. The number of hydrogen-bond donors (Lipinski definition) is 2. The molecule has 0 bridgehead atoms. The molecule has 0 aromatic rings. The zero-order valence-corrected chi connectivity index (χ0v) is 6.54. The van der Waals surface area contributed by atoms with Gasteiger partial charge >= 0.3 is 12.1 Å². The van der Waals surface area contributed by atoms with Gasteiger partial charge in [0.2, 0.25) is 0 Å². The highest BCUT2D eigenvalue weighted by atomic mass is 31.0. The molecule has 0 aliphatic heterocycles. The molecule has 0 heterocycles. The Kier molecular flexibility index (Phi) is 11.0. The normalized spacial score (nSPS) is 8.27. The van der Waals surface area contributed by atoms with Crippen LogP contribution in [0.25, 0.3) is 0 Å². The average Bonchev–Trinajstić information content (AvgIpc) is 1.64. The van der Waals surface area contributed by atoms with Crippen molar-refractivity contribution >= 4 is 22.3 Å². The van der Waals surface area contributed by atoms with Gasteiger partial charge in [-0.25, -0.2) is 4.79 Å². The fraction of sp³-hybridized carbons (Fsp3) is 0.333. The molecule has 0 radical (unpaired) electrons. The number of carbonyl (C=O) groups is 2. The van der Waals surface area contributed by atoms with Crippen LogP contribution in [-0.2, 0) is 9.59 Å². The number of aliphatic carboxylic acids is 1. The third kappa shape index (κ3) is 17.6. The lowest BCUT2D eigenvalue weighted by Crippen LogP contribution is -2.21. The highest BCUT2D eigenvalue weighted by Gasteiger charge is 2.38. The van der Waals surface area contributed by atoms with E-state index in [9.17, 15) is 13.2 Å². The molecule has 4 nitrogen and oxygen atoms in total. The summed E-state index contributed by atoms with van der Waals surface area (Å²) in [6.07, 6.45) is -5.08. The quantitative estimate of drug-likeness (QED) is 0.432. The molecule has 0 rings (SSSR count). The van der Waals surface area contributed by atoms with Gasteiger partial charge in [0, 0.05) is 0 Å². The predicted octanol–water partition coefficient (Wildman–Crippen LogP) is 0.392. The van der Waals surface area contributed by atoms with Gasteiger partial charge in [-0.1, -0.05) is 0 Å². The maximum absolute atomic E-state index is 10.6. The summed E-state index contributed by atoms with van der Waals surface area (Å²) < 4.78 is 31.7. The first kappa shape index (κ1) is 16.6. The van der Waals surface area contributed by atoms with Gasteiger partial charge in [0.15, 0.2) is 0 Å². The van der Waals surface area contributed by atoms with Crippen LogP contribution in [0.5, 0.6) is 0 Å². The smallest absolute Gasteiger partial charge is 0.483 e. The Morgan fingerprint density at radius 2 is 1.45 bits per heavy atom. The molecule has 68 valence electrons. The number of hydrogen-bond acceptors (Lipinski definition) is 2. The van der Waals surface area contributed by atoms with Crippen LogP contribution in [0.15, 0.2) is 0 Å². The van der Waals surface area contributed by atoms with Gasteiger partial charge in [0.25, 0.3) is 6.47 Å². The summed E-state index contributed by atoms with van der Waals surface area (Å²) in [7, 11) is 0. The lowest BCUT2D eigenvalue weighted by Gasteiger charge is -1.93. The second kappa shape index (κ2) is 7.27. The molecule has 1 unspecified atom stereocenters. The van der Waals surface area contributed by atoms with Crippen LogP contribution in [0.1, 0.15) is 0 Å². The largest absolute Gasteiger partial charge is 0.490 e. The van der Waals surface area contributed by atoms with Crippen molar-refractivity contribution in [2.75, 3.05) is 0 Å². The van der Waals surface area contributed by atoms with Gasteiger partial charge in [-0.05, 0) is 0 Å². The molecule has 2 N–H and O–H groups in total. The van der Waals surface area contributed by atoms with Gasteiger partial charge in [0.05, 0.1) is 0 Å². The predicted molar refractivity (Wildman–Crippen MR) is 33.5 cm³/mol. The summed E-state index contributed by atoms with van der Waals surface area (Å²) in [5, 5.41) is 14.0. The van der Waals surface area contributed by atoms with Crippen molar-refractivity contribution in [2.24, 2.45) is 0 Å². The van der Waals surface area contributed by atoms with Gasteiger partial charge in [-0.15, -0.1) is 0 Å². The molecule has 0 spiro atoms. The molecule has 0 aliphatic rings. The van der Waals surface area contributed by atoms with Crippen LogP contribution in [0.2, 0.25) is 0 Å². The third-order valence-corrected chi connectivity index (χ3v) is 0.243. The van der Waals surface area contributed by atoms with Crippen molar-refractivity contribution in [3.8, 4) is 0 Å². The zero-order chi connectivity index (χ0) is 8.78. The second-order valence-corrected chi connectivity index (χ2v) is 0.908. The molecule has 0 aromatic carbocycles. The Bertz CT molecular complexity index is 122. The lowest BCUT2D eigenvalue weighted by molar-refractivity contribution is -0.192. The summed E-state index contributed by atoms with van der Waals surface area (Å²) in [5.74, 6) is -2.76. The van der Waals surface area contributed by atoms with Crippen LogP contribution < -0.4 is 0 Å². The summed E-state index contributed by atoms with van der Waals surface area (Å²) >= 11 is 0. The number of halogens is 3. The Morgan fingerprint density at radius 1 is 1.36 bits per heavy atom. The number of carboxylic acids is 1. The highest BCUT2D eigenvalue weighted by molar-refractivity contribution is 6.92. The first-order valence-electron chi connectivity index (χ1n) is 1.74. The molecule has 0 fully saturated rings. The van der Waals surface area contributed by atoms with E-state index in [1.54, 1.807) is 0 Å². The molecule has 8 heteroatoms. The van der Waals surface area contributed by atoms with Crippen molar-refractivity contribution in [3.63, 3.8) is 0 Å². The Balaban J connectivity index is -0.000000140. The van der Waals surface area contributed by atoms with E-state index in [1.807, 2.05) is 0 Å². The topological polar surface area (TPSA) is 74.6 Å². The summed E-state index contributed by atoms with van der Waals surface area (Å²) in [5.41, 5.74) is 0. The molecule has 0 saturated heterocycles. The van der Waals surface area contributed by atoms with E-state index in [4.69, 9.17) is 19.8 Å². The minimum absolute atomic E-state index is 0. The van der Waals surface area contributed by atoms with Crippen molar-refractivity contribution in [2.45, 2.75) is 6.18 Å². The van der Waals surface area contributed by atoms with Crippen LogP contribution in [-0.4, -0.2) is 28.8 Å². The van der Waals surface area contributed by atoms with E-state index in [0.717, 1.165) is 0 Å². The second-order valence-electron chi connectivity index (χ2n) is 0.908. The van der Waals surface area contributed by atoms with Crippen molar-refractivity contribution < 1.29 is 33.0 Å². The molecule has 0 aliphatic carbocycles. The van der Waals surface area contributed by atoms with Gasteiger partial charge < -0.3 is 10.2 Å². The van der Waals surface area contributed by atoms with E-state index in [-0.39, 0.29) is 16.4 Å². The minimum Gasteiger partial charge on any atom is -0.483 e. The number of rotatable bonds is 0. The van der Waals surface area contributed by atoms with Gasteiger partial charge in [-0.3, -0.25) is 4.79 Å². The summed E-state index contributed by atoms with van der Waals surface area (Å²) in [4.78, 5) is 17.3. The van der Waals surface area contributed by atoms with E-state index < -0.39 is 12.1 Å². The zero-order valence-electron chi connectivity index (χ0n) is 5.13. The van der Waals surface area contributed by atoms with E-state index in [2.05, 4.69) is 0 Å². The standard InChI is InChI=1S/C2HF3O2.CH2O2.H3P/c3-2(4,5)1(6)7;2-1-3;/h(H,6,7);1H,(H,2,3);1H3. The summed E-state index contributed by atoms with van der Waals surface area (Å²) in [6, 6.07) is 0. The maximum atomic E-state index is 10.6. The Morgan fingerprint density at radius 3 is 1.45 bits per heavy atom. The number of alkyl halides is 3. The van der Waals surface area contributed by atoms with Crippen LogP contribution in [0.3, 0.4) is 0 Å². The molecule has 0 aromatic heterocycles. The molecule has 11 heavy (non-hydrogen) atoms. The van der Waals surface area contributed by atoms with Crippen LogP contribution in [0.4, 0.5) is 13.2 Å².